The van der Waals surface area contributed by atoms with Gasteiger partial charge in [-0.05, 0) is 35.9 Å². The van der Waals surface area contributed by atoms with E-state index in [2.05, 4.69) is 5.32 Å². The van der Waals surface area contributed by atoms with Crippen molar-refractivity contribution in [1.82, 2.24) is 0 Å². The third-order valence-corrected chi connectivity index (χ3v) is 3.31. The monoisotopic (exact) mass is 318 g/mol. The molecule has 7 N–H and O–H groups in total. The van der Waals surface area contributed by atoms with Gasteiger partial charge in [-0.1, -0.05) is 17.7 Å². The number of aromatic hydroxyl groups is 1. The van der Waals surface area contributed by atoms with Crippen molar-refractivity contribution < 1.29 is 9.90 Å². The fourth-order valence-corrected chi connectivity index (χ4v) is 2.12. The first-order chi connectivity index (χ1) is 10.4. The van der Waals surface area contributed by atoms with Crippen molar-refractivity contribution in [2.75, 3.05) is 11.1 Å². The van der Waals surface area contributed by atoms with E-state index < -0.39 is 0 Å². The molecule has 0 unspecified atom stereocenters. The number of carbonyl (C=O) groups is 1. The van der Waals surface area contributed by atoms with E-state index in [1.54, 1.807) is 24.3 Å². The number of phenols is 1. The second kappa shape index (κ2) is 6.36. The molecule has 2 aromatic rings. The number of nitrogen functional groups attached to an aromatic ring is 2. The SMILES string of the molecule is N=C(N)c1cc(NC(=O)Cc2ccc(O)c(Cl)c2)ccc1N. The quantitative estimate of drug-likeness (QED) is 0.336. The second-order valence-electron chi connectivity index (χ2n) is 4.73. The number of halogens is 1. The summed E-state index contributed by atoms with van der Waals surface area (Å²) in [5, 5.41) is 19.7. The van der Waals surface area contributed by atoms with E-state index in [0.717, 1.165) is 0 Å². The third-order valence-electron chi connectivity index (χ3n) is 3.00. The van der Waals surface area contributed by atoms with E-state index in [1.807, 2.05) is 0 Å². The molecule has 1 amide bonds. The summed E-state index contributed by atoms with van der Waals surface area (Å²) in [5.74, 6) is -0.463. The van der Waals surface area contributed by atoms with Crippen LogP contribution >= 0.6 is 11.6 Å². The molecule has 0 heterocycles. The van der Waals surface area contributed by atoms with E-state index >= 15 is 0 Å². The van der Waals surface area contributed by atoms with Gasteiger partial charge in [-0.2, -0.15) is 0 Å². The number of amides is 1. The number of carbonyl (C=O) groups excluding carboxylic acids is 1. The fraction of sp³-hybridized carbons (Fsp3) is 0.0667. The number of nitrogens with two attached hydrogens (primary N) is 2. The Morgan fingerprint density at radius 2 is 2.00 bits per heavy atom. The predicted molar refractivity (Wildman–Crippen MR) is 87.3 cm³/mol. The van der Waals surface area contributed by atoms with Crippen molar-refractivity contribution in [2.45, 2.75) is 6.42 Å². The van der Waals surface area contributed by atoms with E-state index in [4.69, 9.17) is 28.5 Å². The molecule has 22 heavy (non-hydrogen) atoms. The summed E-state index contributed by atoms with van der Waals surface area (Å²) in [4.78, 5) is 12.0. The minimum absolute atomic E-state index is 0.0320. The number of phenolic OH excluding ortho intramolecular Hbond substituents is 1. The van der Waals surface area contributed by atoms with Crippen molar-refractivity contribution in [3.05, 3.63) is 52.5 Å². The van der Waals surface area contributed by atoms with E-state index in [-0.39, 0.29) is 28.9 Å². The van der Waals surface area contributed by atoms with Crippen molar-refractivity contribution in [3.63, 3.8) is 0 Å². The summed E-state index contributed by atoms with van der Waals surface area (Å²) in [6.45, 7) is 0. The molecule has 2 rings (SSSR count). The minimum Gasteiger partial charge on any atom is -0.506 e. The number of hydrogen-bond donors (Lipinski definition) is 5. The maximum absolute atomic E-state index is 12.0. The van der Waals surface area contributed by atoms with Crippen LogP contribution in [-0.4, -0.2) is 16.8 Å². The van der Waals surface area contributed by atoms with E-state index in [9.17, 15) is 9.90 Å². The molecule has 0 spiro atoms. The van der Waals surface area contributed by atoms with Crippen molar-refractivity contribution in [3.8, 4) is 5.75 Å². The van der Waals surface area contributed by atoms with Crippen LogP contribution in [0.15, 0.2) is 36.4 Å². The summed E-state index contributed by atoms with van der Waals surface area (Å²) in [6, 6.07) is 9.32. The molecule has 0 aliphatic heterocycles. The third kappa shape index (κ3) is 3.67. The number of amidine groups is 1. The number of hydrogen-bond acceptors (Lipinski definition) is 4. The highest BCUT2D eigenvalue weighted by Crippen LogP contribution is 2.24. The molecule has 0 aromatic heterocycles. The van der Waals surface area contributed by atoms with Crippen LogP contribution in [0, 0.1) is 5.41 Å². The molecule has 0 radical (unpaired) electrons. The summed E-state index contributed by atoms with van der Waals surface area (Å²) >= 11 is 5.80. The summed E-state index contributed by atoms with van der Waals surface area (Å²) in [7, 11) is 0. The Hall–Kier alpha value is -2.73. The van der Waals surface area contributed by atoms with Gasteiger partial charge in [-0.15, -0.1) is 0 Å². The molecule has 114 valence electrons. The molecular formula is C15H15ClN4O2. The lowest BCUT2D eigenvalue weighted by molar-refractivity contribution is -0.115. The second-order valence-corrected chi connectivity index (χ2v) is 5.13. The average molecular weight is 319 g/mol. The largest absolute Gasteiger partial charge is 0.506 e. The van der Waals surface area contributed by atoms with E-state index in [0.29, 0.717) is 22.5 Å². The van der Waals surface area contributed by atoms with Crippen LogP contribution in [0.3, 0.4) is 0 Å². The molecule has 0 bridgehead atoms. The molecule has 0 saturated carbocycles. The molecular weight excluding hydrogens is 304 g/mol. The standard InChI is InChI=1S/C15H15ClN4O2/c16-11-5-8(1-4-13(11)21)6-14(22)20-9-2-3-12(17)10(7-9)15(18)19/h1-5,7,21H,6,17H2,(H3,18,19)(H,20,22). The maximum Gasteiger partial charge on any atom is 0.228 e. The number of nitrogens with one attached hydrogen (secondary N) is 2. The minimum atomic E-state index is -0.263. The van der Waals surface area contributed by atoms with Gasteiger partial charge in [0.2, 0.25) is 5.91 Å². The molecule has 7 heteroatoms. The highest BCUT2D eigenvalue weighted by molar-refractivity contribution is 6.32. The van der Waals surface area contributed by atoms with Gasteiger partial charge in [0.25, 0.3) is 0 Å². The van der Waals surface area contributed by atoms with Crippen molar-refractivity contribution in [1.29, 1.82) is 5.41 Å². The molecule has 0 fully saturated rings. The summed E-state index contributed by atoms with van der Waals surface area (Å²) in [6.07, 6.45) is 0.0970. The highest BCUT2D eigenvalue weighted by atomic mass is 35.5. The molecule has 0 aliphatic carbocycles. The van der Waals surface area contributed by atoms with Crippen LogP contribution in [-0.2, 0) is 11.2 Å². The lowest BCUT2D eigenvalue weighted by Crippen LogP contribution is -2.17. The Labute approximate surface area is 132 Å². The highest BCUT2D eigenvalue weighted by Gasteiger charge is 2.09. The fourth-order valence-electron chi connectivity index (χ4n) is 1.92. The topological polar surface area (TPSA) is 125 Å². The number of rotatable bonds is 4. The lowest BCUT2D eigenvalue weighted by atomic mass is 10.1. The van der Waals surface area contributed by atoms with Crippen molar-refractivity contribution in [2.24, 2.45) is 5.73 Å². The van der Waals surface area contributed by atoms with Crippen LogP contribution in [0.2, 0.25) is 5.02 Å². The van der Waals surface area contributed by atoms with Crippen LogP contribution in [0.4, 0.5) is 11.4 Å². The van der Waals surface area contributed by atoms with Gasteiger partial charge in [-0.3, -0.25) is 10.2 Å². The Kier molecular flexibility index (Phi) is 4.53. The predicted octanol–water partition coefficient (Wildman–Crippen LogP) is 2.09. The Morgan fingerprint density at radius 3 is 2.64 bits per heavy atom. The van der Waals surface area contributed by atoms with Gasteiger partial charge < -0.3 is 21.9 Å². The Balaban J connectivity index is 2.10. The van der Waals surface area contributed by atoms with E-state index in [1.165, 1.54) is 12.1 Å². The van der Waals surface area contributed by atoms with Crippen LogP contribution in [0.25, 0.3) is 0 Å². The van der Waals surface area contributed by atoms with Crippen molar-refractivity contribution >= 4 is 34.7 Å². The van der Waals surface area contributed by atoms with Crippen LogP contribution < -0.4 is 16.8 Å². The first kappa shape index (κ1) is 15.7. The number of anilines is 2. The van der Waals surface area contributed by atoms with Gasteiger partial charge >= 0.3 is 0 Å². The van der Waals surface area contributed by atoms with Gasteiger partial charge in [0.15, 0.2) is 0 Å². The maximum atomic E-state index is 12.0. The number of benzene rings is 2. The zero-order valence-electron chi connectivity index (χ0n) is 11.6. The van der Waals surface area contributed by atoms with Gasteiger partial charge in [-0.25, -0.2) is 0 Å². The molecule has 0 atom stereocenters. The zero-order chi connectivity index (χ0) is 16.3. The first-order valence-electron chi connectivity index (χ1n) is 6.38. The molecule has 0 saturated heterocycles. The van der Waals surface area contributed by atoms with Gasteiger partial charge in [0.05, 0.1) is 11.4 Å². The smallest absolute Gasteiger partial charge is 0.228 e. The lowest BCUT2D eigenvalue weighted by Gasteiger charge is -2.09. The van der Waals surface area contributed by atoms with Gasteiger partial charge in [0.1, 0.15) is 11.6 Å². The summed E-state index contributed by atoms with van der Waals surface area (Å²) in [5.41, 5.74) is 13.0. The molecule has 6 nitrogen and oxygen atoms in total. The van der Waals surface area contributed by atoms with Gasteiger partial charge in [0, 0.05) is 16.9 Å². The normalized spacial score (nSPS) is 10.2. The first-order valence-corrected chi connectivity index (χ1v) is 6.76. The molecule has 2 aromatic carbocycles. The Bertz CT molecular complexity index is 746. The average Bonchev–Trinajstić information content (AvgIpc) is 2.44. The summed E-state index contributed by atoms with van der Waals surface area (Å²) < 4.78 is 0. The molecule has 0 aliphatic rings. The van der Waals surface area contributed by atoms with Crippen LogP contribution in [0.1, 0.15) is 11.1 Å². The zero-order valence-corrected chi connectivity index (χ0v) is 12.3. The van der Waals surface area contributed by atoms with Crippen LogP contribution in [0.5, 0.6) is 5.75 Å². The Morgan fingerprint density at radius 1 is 1.27 bits per heavy atom.